The summed E-state index contributed by atoms with van der Waals surface area (Å²) in [6.07, 6.45) is -14.9. The highest BCUT2D eigenvalue weighted by Crippen LogP contribution is 2.49. The Morgan fingerprint density at radius 1 is 0.517 bits per heavy atom. The van der Waals surface area contributed by atoms with Crippen molar-refractivity contribution in [2.75, 3.05) is 45.5 Å². The molecule has 8 rings (SSSR count). The third kappa shape index (κ3) is 14.4. The minimum Gasteiger partial charge on any atom is -0.466 e. The van der Waals surface area contributed by atoms with E-state index in [9.17, 15) is 81.5 Å². The number of carbonyl (C=O) groups is 6. The van der Waals surface area contributed by atoms with E-state index in [1.54, 1.807) is 0 Å². The minimum absolute atomic E-state index is 0. The number of dihydropyridines is 3. The molecular formula is C59H58BrF12N3O12. The molecule has 28 heteroatoms. The van der Waals surface area contributed by atoms with Gasteiger partial charge in [-0.1, -0.05) is 59.8 Å². The molecule has 15 nitrogen and oxygen atoms in total. The molecule has 0 aliphatic carbocycles. The Morgan fingerprint density at radius 2 is 0.828 bits per heavy atom. The van der Waals surface area contributed by atoms with Crippen LogP contribution in [0.15, 0.2) is 122 Å². The molecule has 3 N–H and O–H groups in total. The van der Waals surface area contributed by atoms with Gasteiger partial charge in [-0.2, -0.15) is 0 Å². The monoisotopic (exact) mass is 1310 g/mol. The van der Waals surface area contributed by atoms with Crippen molar-refractivity contribution >= 4 is 51.7 Å². The fourth-order valence-electron chi connectivity index (χ4n) is 10.3. The van der Waals surface area contributed by atoms with Gasteiger partial charge in [0.2, 0.25) is 0 Å². The van der Waals surface area contributed by atoms with E-state index >= 15 is 0 Å². The number of methoxy groups -OCH3 is 1. The van der Waals surface area contributed by atoms with E-state index in [-0.39, 0.29) is 96.3 Å². The molecule has 0 aromatic heterocycles. The van der Waals surface area contributed by atoms with Crippen molar-refractivity contribution in [3.63, 3.8) is 0 Å². The molecule has 5 aliphatic rings. The summed E-state index contributed by atoms with van der Waals surface area (Å²) < 4.78 is 198. The van der Waals surface area contributed by atoms with Gasteiger partial charge in [0, 0.05) is 27.7 Å². The van der Waals surface area contributed by atoms with Crippen molar-refractivity contribution in [2.24, 2.45) is 0 Å². The lowest BCUT2D eigenvalue weighted by Gasteiger charge is -2.32. The van der Waals surface area contributed by atoms with Crippen molar-refractivity contribution in [2.45, 2.75) is 105 Å². The minimum atomic E-state index is -3.15. The van der Waals surface area contributed by atoms with Crippen LogP contribution in [0.5, 0.6) is 0 Å². The average molecular weight is 1310 g/mol. The van der Waals surface area contributed by atoms with E-state index in [1.807, 2.05) is 0 Å². The number of ether oxygens (including phenoxy) is 6. The standard InChI is InChI=1S/C20H20BrF4NO4.2C19H17F4NO4.CH4/c1-4-30-20(28)15-12(8-21)26-17(18(24)25)16(19(27)29-3)14(15)10-6-5-7-11(23)13(10)9(2)22;2*1-3-27-19(26)15-13(9-5-4-6-10(21)12(9)8(2)20)14-11(7-28-18(14)25)24-16(15)17(22)23;/h5-7,9,14,18,26H,4,8H2,1-3H3;2*4-6,8,13,17,24H,3,7H2,1-2H3;1H4/t;8-,13+;8-,13-;/m.01./s1. The Morgan fingerprint density at radius 3 is 1.13 bits per heavy atom. The smallest absolute Gasteiger partial charge is 0.337 e. The molecular weight excluding hydrogens is 1250 g/mol. The van der Waals surface area contributed by atoms with Gasteiger partial charge in [-0.15, -0.1) is 0 Å². The van der Waals surface area contributed by atoms with Crippen molar-refractivity contribution in [3.8, 4) is 0 Å². The van der Waals surface area contributed by atoms with Crippen LogP contribution in [0.25, 0.3) is 0 Å². The Kier molecular flexibility index (Phi) is 24.1. The van der Waals surface area contributed by atoms with Crippen LogP contribution in [-0.4, -0.2) is 101 Å². The second-order valence-corrected chi connectivity index (χ2v) is 19.3. The highest BCUT2D eigenvalue weighted by molar-refractivity contribution is 9.09. The largest absolute Gasteiger partial charge is 0.466 e. The first-order chi connectivity index (χ1) is 40.7. The lowest BCUT2D eigenvalue weighted by Crippen LogP contribution is -2.37. The van der Waals surface area contributed by atoms with E-state index < -0.39 is 159 Å². The first kappa shape index (κ1) is 69.7. The van der Waals surface area contributed by atoms with E-state index in [1.165, 1.54) is 57.2 Å². The van der Waals surface area contributed by atoms with Crippen molar-refractivity contribution < 1.29 is 110 Å². The van der Waals surface area contributed by atoms with Gasteiger partial charge in [0.25, 0.3) is 19.3 Å². The maximum Gasteiger partial charge on any atom is 0.337 e. The number of halogens is 13. The highest BCUT2D eigenvalue weighted by Gasteiger charge is 2.49. The zero-order chi connectivity index (χ0) is 63.8. The molecule has 0 radical (unpaired) electrons. The zero-order valence-corrected chi connectivity index (χ0v) is 48.0. The maximum absolute atomic E-state index is 14.5. The van der Waals surface area contributed by atoms with Crippen LogP contribution in [0.1, 0.15) is 119 Å². The summed E-state index contributed by atoms with van der Waals surface area (Å²) in [7, 11) is 0.980. The number of hydrogen-bond donors (Lipinski definition) is 3. The van der Waals surface area contributed by atoms with Gasteiger partial charge in [0.1, 0.15) is 49.2 Å². The van der Waals surface area contributed by atoms with E-state index in [0.29, 0.717) is 0 Å². The normalized spacial score (nSPS) is 19.0. The van der Waals surface area contributed by atoms with Crippen molar-refractivity contribution in [1.29, 1.82) is 0 Å². The molecule has 87 heavy (non-hydrogen) atoms. The third-order valence-electron chi connectivity index (χ3n) is 13.6. The van der Waals surface area contributed by atoms with Crippen LogP contribution in [-0.2, 0) is 57.2 Å². The molecule has 0 saturated heterocycles. The molecule has 0 bridgehead atoms. The maximum atomic E-state index is 14.5. The summed E-state index contributed by atoms with van der Waals surface area (Å²) >= 11 is 3.12. The second-order valence-electron chi connectivity index (χ2n) is 18.7. The summed E-state index contributed by atoms with van der Waals surface area (Å²) in [5, 5.41) is 7.05. The molecule has 472 valence electrons. The number of nitrogens with one attached hydrogen (secondary N) is 3. The summed E-state index contributed by atoms with van der Waals surface area (Å²) in [6, 6.07) is 10.7. The van der Waals surface area contributed by atoms with Crippen LogP contribution in [0.2, 0.25) is 0 Å². The number of cyclic esters (lactones) is 2. The second kappa shape index (κ2) is 30.0. The number of benzene rings is 3. The van der Waals surface area contributed by atoms with E-state index in [4.69, 9.17) is 23.7 Å². The van der Waals surface area contributed by atoms with Gasteiger partial charge < -0.3 is 44.4 Å². The van der Waals surface area contributed by atoms with Gasteiger partial charge >= 0.3 is 35.8 Å². The summed E-state index contributed by atoms with van der Waals surface area (Å²) in [6.45, 7) is 6.83. The molecule has 0 amide bonds. The SMILES string of the molecule is C.CCOC(=O)C1=C(C(F)F)NC2=C(C(=O)OC2)[C@H]1c1cccc(F)c1[C@@H](C)F.CCOC(=O)C1=C(C(F)F)NC2=C(C(=O)OC2)[C@H]1c1cccc(F)c1[C@H](C)F.CCOC(=O)C1=C(CBr)NC(C(F)F)=C(C(=O)OC)C1c1cccc(F)c1C(C)F. The Bertz CT molecular complexity index is 3230. The summed E-state index contributed by atoms with van der Waals surface area (Å²) in [5.74, 6) is -13.2. The van der Waals surface area contributed by atoms with Crippen LogP contribution in [0.4, 0.5) is 52.7 Å². The van der Waals surface area contributed by atoms with Gasteiger partial charge in [-0.25, -0.2) is 81.5 Å². The predicted octanol–water partition coefficient (Wildman–Crippen LogP) is 12.0. The number of carbonyl (C=O) groups excluding carboxylic acids is 6. The molecule has 5 aliphatic heterocycles. The first-order valence-electron chi connectivity index (χ1n) is 26.1. The third-order valence-corrected chi connectivity index (χ3v) is 14.2. The number of esters is 6. The average Bonchev–Trinajstić information content (AvgIpc) is 2.20. The van der Waals surface area contributed by atoms with Crippen LogP contribution < -0.4 is 16.0 Å². The fourth-order valence-corrected chi connectivity index (χ4v) is 10.8. The molecule has 3 aromatic rings. The molecule has 0 fully saturated rings. The van der Waals surface area contributed by atoms with Crippen LogP contribution in [0, 0.1) is 17.5 Å². The lowest BCUT2D eigenvalue weighted by atomic mass is 9.77. The van der Waals surface area contributed by atoms with Crippen LogP contribution >= 0.6 is 15.9 Å². The lowest BCUT2D eigenvalue weighted by molar-refractivity contribution is -0.140. The van der Waals surface area contributed by atoms with Crippen molar-refractivity contribution in [1.82, 2.24) is 16.0 Å². The molecule has 3 aromatic carbocycles. The number of alkyl halides is 10. The Hall–Kier alpha value is -8.04. The van der Waals surface area contributed by atoms with Gasteiger partial charge in [0.15, 0.2) is 0 Å². The predicted molar refractivity (Wildman–Crippen MR) is 290 cm³/mol. The van der Waals surface area contributed by atoms with E-state index in [0.717, 1.165) is 46.1 Å². The quantitative estimate of drug-likeness (QED) is 0.0500. The van der Waals surface area contributed by atoms with Gasteiger partial charge in [-0.05, 0) is 76.4 Å². The molecule has 2 unspecified atom stereocenters. The molecule has 0 saturated carbocycles. The number of rotatable bonds is 17. The van der Waals surface area contributed by atoms with E-state index in [2.05, 4.69) is 36.6 Å². The summed E-state index contributed by atoms with van der Waals surface area (Å²) in [4.78, 5) is 75.0. The summed E-state index contributed by atoms with van der Waals surface area (Å²) in [5.41, 5.74) is -6.21. The Labute approximate surface area is 499 Å². The number of hydrogen-bond acceptors (Lipinski definition) is 15. The first-order valence-corrected chi connectivity index (χ1v) is 27.2. The molecule has 0 spiro atoms. The number of allylic oxidation sites excluding steroid dienone is 4. The topological polar surface area (TPSA) is 194 Å². The Balaban J connectivity index is 0.000000237. The zero-order valence-electron chi connectivity index (χ0n) is 46.4. The molecule has 5 heterocycles. The fraction of sp³-hybridized carbons (Fsp3) is 0.390. The molecule has 6 atom stereocenters. The van der Waals surface area contributed by atoms with Gasteiger partial charge in [0.05, 0.1) is 107 Å². The van der Waals surface area contributed by atoms with Crippen LogP contribution in [0.3, 0.4) is 0 Å². The van der Waals surface area contributed by atoms with Gasteiger partial charge in [-0.3, -0.25) is 0 Å². The van der Waals surface area contributed by atoms with Crippen molar-refractivity contribution in [3.05, 3.63) is 173 Å². The highest BCUT2D eigenvalue weighted by atomic mass is 79.9.